The molecule has 2 heterocycles. The summed E-state index contributed by atoms with van der Waals surface area (Å²) in [5.74, 6) is -1.37. The molecule has 3 amide bonds. The molecule has 0 aromatic rings. The highest BCUT2D eigenvalue weighted by Crippen LogP contribution is 2.24. The standard InChI is InChI=1S/C13H21N3O5/c1-14-11(18)9-4-2-3-5-15(9)13(21)16-7-8(17)6-10(16)12(19)20/h8-10,17H,2-7H2,1H3,(H,14,18)(H,19,20). The van der Waals surface area contributed by atoms with Crippen molar-refractivity contribution in [2.45, 2.75) is 43.9 Å². The van der Waals surface area contributed by atoms with Crippen molar-refractivity contribution in [2.75, 3.05) is 20.1 Å². The molecule has 0 saturated carbocycles. The lowest BCUT2D eigenvalue weighted by molar-refractivity contribution is -0.141. The predicted molar refractivity (Wildman–Crippen MR) is 72.6 cm³/mol. The molecule has 0 spiro atoms. The van der Waals surface area contributed by atoms with Crippen LogP contribution in [0.3, 0.4) is 0 Å². The van der Waals surface area contributed by atoms with Gasteiger partial charge in [-0.15, -0.1) is 0 Å². The second-order valence-electron chi connectivity index (χ2n) is 5.50. The van der Waals surface area contributed by atoms with Crippen LogP contribution in [-0.2, 0) is 9.59 Å². The van der Waals surface area contributed by atoms with E-state index in [0.29, 0.717) is 13.0 Å². The van der Waals surface area contributed by atoms with Gasteiger partial charge in [-0.25, -0.2) is 9.59 Å². The van der Waals surface area contributed by atoms with Crippen LogP contribution in [0, 0.1) is 0 Å². The van der Waals surface area contributed by atoms with Crippen molar-refractivity contribution in [1.29, 1.82) is 0 Å². The van der Waals surface area contributed by atoms with Gasteiger partial charge >= 0.3 is 12.0 Å². The maximum Gasteiger partial charge on any atom is 0.326 e. The Balaban J connectivity index is 2.16. The summed E-state index contributed by atoms with van der Waals surface area (Å²) in [6.45, 7) is 0.419. The van der Waals surface area contributed by atoms with E-state index in [0.717, 1.165) is 17.7 Å². The van der Waals surface area contributed by atoms with Gasteiger partial charge in [0.1, 0.15) is 12.1 Å². The van der Waals surface area contributed by atoms with Crippen molar-refractivity contribution in [2.24, 2.45) is 0 Å². The van der Waals surface area contributed by atoms with Crippen LogP contribution in [0.2, 0.25) is 0 Å². The van der Waals surface area contributed by atoms with Gasteiger partial charge in [-0.3, -0.25) is 4.79 Å². The number of aliphatic hydroxyl groups excluding tert-OH is 1. The molecule has 3 unspecified atom stereocenters. The molecule has 2 fully saturated rings. The number of hydrogen-bond donors (Lipinski definition) is 3. The zero-order chi connectivity index (χ0) is 15.6. The van der Waals surface area contributed by atoms with Crippen LogP contribution in [-0.4, -0.2) is 76.2 Å². The van der Waals surface area contributed by atoms with Crippen LogP contribution in [0.4, 0.5) is 4.79 Å². The second-order valence-corrected chi connectivity index (χ2v) is 5.50. The van der Waals surface area contributed by atoms with E-state index in [-0.39, 0.29) is 18.9 Å². The van der Waals surface area contributed by atoms with Gasteiger partial charge in [-0.2, -0.15) is 0 Å². The minimum Gasteiger partial charge on any atom is -0.480 e. The molecule has 0 aromatic carbocycles. The summed E-state index contributed by atoms with van der Waals surface area (Å²) >= 11 is 0. The molecule has 118 valence electrons. The molecule has 0 bridgehead atoms. The zero-order valence-electron chi connectivity index (χ0n) is 12.0. The fraction of sp³-hybridized carbons (Fsp3) is 0.769. The highest BCUT2D eigenvalue weighted by molar-refractivity contribution is 5.89. The minimum atomic E-state index is -1.13. The maximum absolute atomic E-state index is 12.6. The quantitative estimate of drug-likeness (QED) is 0.620. The molecule has 0 radical (unpaired) electrons. The molecule has 0 aromatic heterocycles. The normalized spacial score (nSPS) is 29.3. The first-order chi connectivity index (χ1) is 9.95. The number of amides is 3. The lowest BCUT2D eigenvalue weighted by Crippen LogP contribution is -2.57. The summed E-state index contributed by atoms with van der Waals surface area (Å²) in [5, 5.41) is 21.3. The molecule has 3 N–H and O–H groups in total. The van der Waals surface area contributed by atoms with Crippen molar-refractivity contribution in [1.82, 2.24) is 15.1 Å². The number of nitrogens with zero attached hydrogens (tertiary/aromatic N) is 2. The smallest absolute Gasteiger partial charge is 0.326 e. The van der Waals surface area contributed by atoms with Crippen molar-refractivity contribution in [3.05, 3.63) is 0 Å². The van der Waals surface area contributed by atoms with Gasteiger partial charge in [-0.05, 0) is 19.3 Å². The van der Waals surface area contributed by atoms with E-state index in [2.05, 4.69) is 5.32 Å². The lowest BCUT2D eigenvalue weighted by atomic mass is 10.0. The molecule has 21 heavy (non-hydrogen) atoms. The Morgan fingerprint density at radius 3 is 2.48 bits per heavy atom. The Hall–Kier alpha value is -1.83. The first-order valence-electron chi connectivity index (χ1n) is 7.15. The monoisotopic (exact) mass is 299 g/mol. The molecular weight excluding hydrogens is 278 g/mol. The maximum atomic E-state index is 12.6. The number of likely N-dealkylation sites (N-methyl/N-ethyl adjacent to an activating group) is 1. The molecule has 3 atom stereocenters. The van der Waals surface area contributed by atoms with Crippen molar-refractivity contribution < 1.29 is 24.6 Å². The SMILES string of the molecule is CNC(=O)C1CCCCN1C(=O)N1CC(O)CC1C(=O)O. The summed E-state index contributed by atoms with van der Waals surface area (Å²) in [4.78, 5) is 38.3. The number of β-amino-alcohol motifs (C(OH)–C–C–N with tert-alkyl or cyclic N) is 1. The number of aliphatic carboxylic acids is 1. The van der Waals surface area contributed by atoms with Crippen LogP contribution in [0.15, 0.2) is 0 Å². The Morgan fingerprint density at radius 2 is 1.86 bits per heavy atom. The summed E-state index contributed by atoms with van der Waals surface area (Å²) < 4.78 is 0. The van der Waals surface area contributed by atoms with Crippen LogP contribution < -0.4 is 5.32 Å². The van der Waals surface area contributed by atoms with E-state index in [1.807, 2.05) is 0 Å². The molecule has 2 aliphatic rings. The van der Waals surface area contributed by atoms with E-state index < -0.39 is 30.2 Å². The zero-order valence-corrected chi connectivity index (χ0v) is 12.0. The Kier molecular flexibility index (Phi) is 4.66. The van der Waals surface area contributed by atoms with Gasteiger partial charge in [0.2, 0.25) is 5.91 Å². The number of carbonyl (C=O) groups excluding carboxylic acids is 2. The Labute approximate surface area is 122 Å². The predicted octanol–water partition coefficient (Wildman–Crippen LogP) is -0.773. The number of piperidine rings is 1. The number of likely N-dealkylation sites (tertiary alicyclic amines) is 2. The lowest BCUT2D eigenvalue weighted by Gasteiger charge is -2.37. The third-order valence-corrected chi connectivity index (χ3v) is 4.11. The molecule has 0 aliphatic carbocycles. The van der Waals surface area contributed by atoms with E-state index in [4.69, 9.17) is 5.11 Å². The van der Waals surface area contributed by atoms with Crippen molar-refractivity contribution in [3.63, 3.8) is 0 Å². The molecule has 2 saturated heterocycles. The Bertz CT molecular complexity index is 442. The van der Waals surface area contributed by atoms with Crippen LogP contribution in [0.25, 0.3) is 0 Å². The third kappa shape index (κ3) is 3.10. The second kappa shape index (κ2) is 6.30. The number of carbonyl (C=O) groups is 3. The topological polar surface area (TPSA) is 110 Å². The summed E-state index contributed by atoms with van der Waals surface area (Å²) in [5.41, 5.74) is 0. The third-order valence-electron chi connectivity index (χ3n) is 4.11. The number of hydrogen-bond acceptors (Lipinski definition) is 4. The highest BCUT2D eigenvalue weighted by Gasteiger charge is 2.43. The highest BCUT2D eigenvalue weighted by atomic mass is 16.4. The number of rotatable bonds is 2. The van der Waals surface area contributed by atoms with Gasteiger partial charge in [0.25, 0.3) is 0 Å². The number of carboxylic acid groups (broad SMARTS) is 1. The average Bonchev–Trinajstić information content (AvgIpc) is 2.88. The average molecular weight is 299 g/mol. The number of aliphatic hydroxyl groups is 1. The minimum absolute atomic E-state index is 0.00718. The molecule has 8 nitrogen and oxygen atoms in total. The Morgan fingerprint density at radius 1 is 1.14 bits per heavy atom. The summed E-state index contributed by atoms with van der Waals surface area (Å²) in [7, 11) is 1.51. The van der Waals surface area contributed by atoms with Gasteiger partial charge < -0.3 is 25.3 Å². The van der Waals surface area contributed by atoms with Gasteiger partial charge in [-0.1, -0.05) is 0 Å². The molecular formula is C13H21N3O5. The van der Waals surface area contributed by atoms with E-state index in [1.165, 1.54) is 11.9 Å². The van der Waals surface area contributed by atoms with E-state index in [9.17, 15) is 19.5 Å². The summed E-state index contributed by atoms with van der Waals surface area (Å²) in [6.07, 6.45) is 1.40. The fourth-order valence-corrected chi connectivity index (χ4v) is 3.02. The van der Waals surface area contributed by atoms with Gasteiger partial charge in [0.05, 0.1) is 6.10 Å². The summed E-state index contributed by atoms with van der Waals surface area (Å²) in [6, 6.07) is -2.07. The van der Waals surface area contributed by atoms with Crippen LogP contribution >= 0.6 is 0 Å². The number of urea groups is 1. The molecule has 2 rings (SSSR count). The molecule has 8 heteroatoms. The van der Waals surface area contributed by atoms with Crippen LogP contribution in [0.5, 0.6) is 0 Å². The fourth-order valence-electron chi connectivity index (χ4n) is 3.02. The van der Waals surface area contributed by atoms with E-state index >= 15 is 0 Å². The van der Waals surface area contributed by atoms with E-state index in [1.54, 1.807) is 0 Å². The van der Waals surface area contributed by atoms with Crippen molar-refractivity contribution in [3.8, 4) is 0 Å². The van der Waals surface area contributed by atoms with Gasteiger partial charge in [0, 0.05) is 26.6 Å². The first kappa shape index (κ1) is 15.6. The first-order valence-corrected chi connectivity index (χ1v) is 7.15. The van der Waals surface area contributed by atoms with Crippen molar-refractivity contribution >= 4 is 17.9 Å². The number of carboxylic acids is 1. The van der Waals surface area contributed by atoms with Gasteiger partial charge in [0.15, 0.2) is 0 Å². The van der Waals surface area contributed by atoms with Crippen LogP contribution in [0.1, 0.15) is 25.7 Å². The largest absolute Gasteiger partial charge is 0.480 e. The number of nitrogens with one attached hydrogen (secondary N) is 1. The molecule has 2 aliphatic heterocycles.